The number of benzene rings is 2. The monoisotopic (exact) mass is 451 g/mol. The van der Waals surface area contributed by atoms with Gasteiger partial charge in [0.15, 0.2) is 11.5 Å². The molecule has 2 amide bonds. The number of rotatable bonds is 6. The molecular formula is C24H25N3O6. The lowest BCUT2D eigenvalue weighted by atomic mass is 10.1. The van der Waals surface area contributed by atoms with Crippen LogP contribution in [0.2, 0.25) is 0 Å². The Balaban J connectivity index is 1.43. The van der Waals surface area contributed by atoms with E-state index in [-0.39, 0.29) is 31.0 Å². The molecule has 0 radical (unpaired) electrons. The van der Waals surface area contributed by atoms with Gasteiger partial charge >= 0.3 is 6.03 Å². The first-order valence-corrected chi connectivity index (χ1v) is 10.9. The van der Waals surface area contributed by atoms with Crippen molar-refractivity contribution in [3.05, 3.63) is 58.4 Å². The summed E-state index contributed by atoms with van der Waals surface area (Å²) in [5, 5.41) is 3.71. The van der Waals surface area contributed by atoms with E-state index in [0.29, 0.717) is 47.2 Å². The zero-order chi connectivity index (χ0) is 22.8. The lowest BCUT2D eigenvalue weighted by Gasteiger charge is -2.26. The van der Waals surface area contributed by atoms with Gasteiger partial charge < -0.3 is 34.1 Å². The van der Waals surface area contributed by atoms with E-state index in [0.717, 1.165) is 18.2 Å². The van der Waals surface area contributed by atoms with Crippen molar-refractivity contribution < 1.29 is 23.7 Å². The largest absolute Gasteiger partial charge is 0.495 e. The van der Waals surface area contributed by atoms with Crippen LogP contribution in [0.25, 0.3) is 10.9 Å². The van der Waals surface area contributed by atoms with Crippen LogP contribution in [0.15, 0.2) is 47.3 Å². The van der Waals surface area contributed by atoms with Gasteiger partial charge in [0.1, 0.15) is 5.75 Å². The first-order chi connectivity index (χ1) is 16.1. The van der Waals surface area contributed by atoms with Crippen LogP contribution in [0.4, 0.5) is 10.5 Å². The molecule has 3 heterocycles. The number of aromatic nitrogens is 1. The number of fused-ring (bicyclic) bond motifs is 2. The van der Waals surface area contributed by atoms with E-state index in [1.807, 2.05) is 18.2 Å². The van der Waals surface area contributed by atoms with E-state index >= 15 is 0 Å². The highest BCUT2D eigenvalue weighted by Gasteiger charge is 2.25. The summed E-state index contributed by atoms with van der Waals surface area (Å²) in [4.78, 5) is 30.6. The molecule has 0 saturated carbocycles. The Morgan fingerprint density at radius 3 is 2.82 bits per heavy atom. The van der Waals surface area contributed by atoms with Crippen molar-refractivity contribution in [2.45, 2.75) is 25.5 Å². The number of methoxy groups -OCH3 is 1. The predicted molar refractivity (Wildman–Crippen MR) is 122 cm³/mol. The molecule has 9 nitrogen and oxygen atoms in total. The van der Waals surface area contributed by atoms with Crippen molar-refractivity contribution in [2.75, 3.05) is 32.4 Å². The zero-order valence-electron chi connectivity index (χ0n) is 18.3. The van der Waals surface area contributed by atoms with Gasteiger partial charge in [-0.15, -0.1) is 0 Å². The molecule has 0 unspecified atom stereocenters. The van der Waals surface area contributed by atoms with Gasteiger partial charge in [-0.2, -0.15) is 0 Å². The highest BCUT2D eigenvalue weighted by molar-refractivity contribution is 5.91. The second-order valence-electron chi connectivity index (χ2n) is 8.06. The maximum atomic E-state index is 13.3. The minimum atomic E-state index is -0.333. The second kappa shape index (κ2) is 9.03. The third-order valence-electron chi connectivity index (χ3n) is 5.86. The zero-order valence-corrected chi connectivity index (χ0v) is 18.3. The molecule has 33 heavy (non-hydrogen) atoms. The van der Waals surface area contributed by atoms with E-state index in [1.165, 1.54) is 0 Å². The van der Waals surface area contributed by atoms with Crippen molar-refractivity contribution in [1.82, 2.24) is 9.88 Å². The molecule has 0 spiro atoms. The van der Waals surface area contributed by atoms with Gasteiger partial charge in [0.05, 0.1) is 31.0 Å². The van der Waals surface area contributed by atoms with Gasteiger partial charge in [0, 0.05) is 30.2 Å². The Morgan fingerprint density at radius 2 is 2.03 bits per heavy atom. The van der Waals surface area contributed by atoms with E-state index in [4.69, 9.17) is 18.9 Å². The Bertz CT molecular complexity index is 1230. The molecule has 1 atom stereocenters. The summed E-state index contributed by atoms with van der Waals surface area (Å²) < 4.78 is 21.9. The molecule has 9 heteroatoms. The molecule has 2 aliphatic rings. The molecule has 172 valence electrons. The van der Waals surface area contributed by atoms with Crippen molar-refractivity contribution >= 4 is 22.6 Å². The standard InChI is InChI=1S/C24H25N3O6/c1-30-20-7-3-2-6-18(20)26-24(29)27(13-17-5-4-8-31-17)12-16-9-15-10-21-22(33-14-32-21)11-19(15)25-23(16)28/h2-3,6-7,9-11,17H,4-5,8,12-14H2,1H3,(H,25,28)(H,26,29)/t17-/m1/s1. The van der Waals surface area contributed by atoms with Crippen molar-refractivity contribution in [3.63, 3.8) is 0 Å². The number of pyridine rings is 1. The minimum absolute atomic E-state index is 0.0678. The number of para-hydroxylation sites is 2. The third kappa shape index (κ3) is 4.45. The lowest BCUT2D eigenvalue weighted by molar-refractivity contribution is 0.0818. The Morgan fingerprint density at radius 1 is 1.21 bits per heavy atom. The molecular weight excluding hydrogens is 426 g/mol. The summed E-state index contributed by atoms with van der Waals surface area (Å²) in [5.41, 5.74) is 1.41. The van der Waals surface area contributed by atoms with Gasteiger partial charge in [-0.25, -0.2) is 4.79 Å². The number of hydrogen-bond donors (Lipinski definition) is 2. The van der Waals surface area contributed by atoms with Crippen molar-refractivity contribution in [1.29, 1.82) is 0 Å². The predicted octanol–water partition coefficient (Wildman–Crippen LogP) is 3.48. The highest BCUT2D eigenvalue weighted by Crippen LogP contribution is 2.35. The van der Waals surface area contributed by atoms with E-state index in [9.17, 15) is 9.59 Å². The van der Waals surface area contributed by atoms with Gasteiger partial charge in [-0.05, 0) is 37.1 Å². The van der Waals surface area contributed by atoms with Gasteiger partial charge in [0.25, 0.3) is 5.56 Å². The summed E-state index contributed by atoms with van der Waals surface area (Å²) in [7, 11) is 1.55. The molecule has 0 aliphatic carbocycles. The van der Waals surface area contributed by atoms with E-state index in [1.54, 1.807) is 36.3 Å². The topological polar surface area (TPSA) is 102 Å². The summed E-state index contributed by atoms with van der Waals surface area (Å²) in [6, 6.07) is 12.2. The molecule has 5 rings (SSSR count). The maximum absolute atomic E-state index is 13.3. The number of anilines is 1. The Labute approximate surface area is 190 Å². The van der Waals surface area contributed by atoms with Crippen molar-refractivity contribution in [2.24, 2.45) is 0 Å². The quantitative estimate of drug-likeness (QED) is 0.595. The normalized spacial score (nSPS) is 16.7. The van der Waals surface area contributed by atoms with Crippen LogP contribution in [0.5, 0.6) is 17.2 Å². The number of carbonyl (C=O) groups is 1. The summed E-state index contributed by atoms with van der Waals surface area (Å²) >= 11 is 0. The molecule has 0 bridgehead atoms. The number of ether oxygens (including phenoxy) is 4. The number of aromatic amines is 1. The van der Waals surface area contributed by atoms with Gasteiger partial charge in [0.2, 0.25) is 6.79 Å². The van der Waals surface area contributed by atoms with Crippen LogP contribution in [-0.2, 0) is 11.3 Å². The van der Waals surface area contributed by atoms with Crippen LogP contribution < -0.4 is 25.1 Å². The van der Waals surface area contributed by atoms with E-state index < -0.39 is 0 Å². The molecule has 2 N–H and O–H groups in total. The van der Waals surface area contributed by atoms with Gasteiger partial charge in [-0.1, -0.05) is 12.1 Å². The summed E-state index contributed by atoms with van der Waals surface area (Å²) in [5.74, 6) is 1.79. The fourth-order valence-electron chi connectivity index (χ4n) is 4.16. The lowest BCUT2D eigenvalue weighted by Crippen LogP contribution is -2.40. The first-order valence-electron chi connectivity index (χ1n) is 10.9. The first kappa shape index (κ1) is 21.1. The van der Waals surface area contributed by atoms with Crippen LogP contribution >= 0.6 is 0 Å². The molecule has 2 aromatic carbocycles. The number of amides is 2. The SMILES string of the molecule is COc1ccccc1NC(=O)N(Cc1cc2cc3c(cc2[nH]c1=O)OCO3)C[C@H]1CCCO1. The molecule has 2 aliphatic heterocycles. The molecule has 3 aromatic rings. The van der Waals surface area contributed by atoms with Gasteiger partial charge in [-0.3, -0.25) is 4.79 Å². The van der Waals surface area contributed by atoms with Crippen LogP contribution in [-0.4, -0.2) is 49.1 Å². The molecule has 1 fully saturated rings. The average Bonchev–Trinajstić information content (AvgIpc) is 3.49. The fraction of sp³-hybridized carbons (Fsp3) is 0.333. The third-order valence-corrected chi connectivity index (χ3v) is 5.86. The number of urea groups is 1. The highest BCUT2D eigenvalue weighted by atomic mass is 16.7. The number of nitrogens with zero attached hydrogens (tertiary/aromatic N) is 1. The molecule has 1 saturated heterocycles. The van der Waals surface area contributed by atoms with E-state index in [2.05, 4.69) is 10.3 Å². The smallest absolute Gasteiger partial charge is 0.322 e. The second-order valence-corrected chi connectivity index (χ2v) is 8.06. The minimum Gasteiger partial charge on any atom is -0.495 e. The number of carbonyl (C=O) groups excluding carboxylic acids is 1. The Kier molecular flexibility index (Phi) is 5.78. The number of H-pyrrole nitrogens is 1. The number of hydrogen-bond acceptors (Lipinski definition) is 6. The summed E-state index contributed by atoms with van der Waals surface area (Å²) in [6.07, 6.45) is 1.76. The van der Waals surface area contributed by atoms with Crippen molar-refractivity contribution in [3.8, 4) is 17.2 Å². The molecule has 1 aromatic heterocycles. The average molecular weight is 451 g/mol. The van der Waals surface area contributed by atoms with Crippen LogP contribution in [0.1, 0.15) is 18.4 Å². The fourth-order valence-corrected chi connectivity index (χ4v) is 4.16. The van der Waals surface area contributed by atoms with Crippen LogP contribution in [0, 0.1) is 0 Å². The summed E-state index contributed by atoms with van der Waals surface area (Å²) in [6.45, 7) is 1.33. The Hall–Kier alpha value is -3.72. The maximum Gasteiger partial charge on any atom is 0.322 e. The number of nitrogens with one attached hydrogen (secondary N) is 2. The van der Waals surface area contributed by atoms with Crippen LogP contribution in [0.3, 0.4) is 0 Å².